The Balaban J connectivity index is 1.45. The van der Waals surface area contributed by atoms with Crippen LogP contribution in [0.3, 0.4) is 0 Å². The van der Waals surface area contributed by atoms with Gasteiger partial charge in [-0.2, -0.15) is 0 Å². The fraction of sp³-hybridized carbons (Fsp3) is 0.192. The van der Waals surface area contributed by atoms with Crippen LogP contribution in [0.25, 0.3) is 22.1 Å². The molecule has 8 nitrogen and oxygen atoms in total. The summed E-state index contributed by atoms with van der Waals surface area (Å²) in [6.45, 7) is 1.07. The Morgan fingerprint density at radius 1 is 1.00 bits per heavy atom. The summed E-state index contributed by atoms with van der Waals surface area (Å²) in [6, 6.07) is 19.7. The SMILES string of the molecule is O=C1CC(n2c(S(=O)(=O)c3ccccc3)nc3cnc4[nH]ccc4c32)CCN1Cc1ccccc1. The highest BCUT2D eigenvalue weighted by atomic mass is 32.2. The van der Waals surface area contributed by atoms with Gasteiger partial charge in [-0.15, -0.1) is 0 Å². The highest BCUT2D eigenvalue weighted by molar-refractivity contribution is 7.91. The van der Waals surface area contributed by atoms with E-state index in [1.165, 1.54) is 0 Å². The van der Waals surface area contributed by atoms with E-state index in [2.05, 4.69) is 15.0 Å². The number of H-pyrrole nitrogens is 1. The van der Waals surface area contributed by atoms with Crippen molar-refractivity contribution in [3.05, 3.63) is 84.7 Å². The van der Waals surface area contributed by atoms with Crippen LogP contribution >= 0.6 is 0 Å². The van der Waals surface area contributed by atoms with Crippen molar-refractivity contribution in [2.75, 3.05) is 6.54 Å². The summed E-state index contributed by atoms with van der Waals surface area (Å²) in [5, 5.41) is 0.729. The van der Waals surface area contributed by atoms with E-state index in [9.17, 15) is 13.2 Å². The molecule has 1 atom stereocenters. The summed E-state index contributed by atoms with van der Waals surface area (Å²) in [7, 11) is -3.92. The third kappa shape index (κ3) is 3.68. The molecule has 0 spiro atoms. The summed E-state index contributed by atoms with van der Waals surface area (Å²) in [5.74, 6) is -0.00520. The first-order valence-electron chi connectivity index (χ1n) is 11.5. The lowest BCUT2D eigenvalue weighted by atomic mass is 10.0. The number of fused-ring (bicyclic) bond motifs is 3. The molecule has 1 aliphatic heterocycles. The number of aromatic amines is 1. The average molecular weight is 486 g/mol. The van der Waals surface area contributed by atoms with Crippen molar-refractivity contribution in [3.63, 3.8) is 0 Å². The molecule has 0 aliphatic carbocycles. The van der Waals surface area contributed by atoms with E-state index >= 15 is 0 Å². The number of amides is 1. The Kier molecular flexibility index (Phi) is 5.14. The molecule has 176 valence electrons. The fourth-order valence-electron chi connectivity index (χ4n) is 4.86. The minimum Gasteiger partial charge on any atom is -0.346 e. The van der Waals surface area contributed by atoms with Crippen molar-refractivity contribution in [1.82, 2.24) is 24.4 Å². The van der Waals surface area contributed by atoms with Gasteiger partial charge >= 0.3 is 0 Å². The molecule has 0 bridgehead atoms. The maximum atomic E-state index is 13.7. The molecule has 4 heterocycles. The highest BCUT2D eigenvalue weighted by Gasteiger charge is 2.34. The summed E-state index contributed by atoms with van der Waals surface area (Å²) in [4.78, 5) is 27.3. The van der Waals surface area contributed by atoms with Gasteiger partial charge in [-0.25, -0.2) is 18.4 Å². The lowest BCUT2D eigenvalue weighted by molar-refractivity contribution is -0.135. The average Bonchev–Trinajstić information content (AvgIpc) is 3.51. The molecule has 0 radical (unpaired) electrons. The second kappa shape index (κ2) is 8.35. The van der Waals surface area contributed by atoms with E-state index in [4.69, 9.17) is 0 Å². The molecule has 9 heteroatoms. The molecule has 1 unspecified atom stereocenters. The molecule has 0 saturated carbocycles. The van der Waals surface area contributed by atoms with E-state index in [1.807, 2.05) is 41.3 Å². The van der Waals surface area contributed by atoms with E-state index in [1.54, 1.807) is 47.3 Å². The Morgan fingerprint density at radius 3 is 2.49 bits per heavy atom. The van der Waals surface area contributed by atoms with Crippen LogP contribution < -0.4 is 0 Å². The Bertz CT molecular complexity index is 1640. The van der Waals surface area contributed by atoms with E-state index < -0.39 is 9.84 Å². The van der Waals surface area contributed by atoms with Gasteiger partial charge in [0.05, 0.1) is 16.6 Å². The molecule has 35 heavy (non-hydrogen) atoms. The number of benzene rings is 2. The molecule has 1 saturated heterocycles. The first-order chi connectivity index (χ1) is 17.0. The van der Waals surface area contributed by atoms with Crippen molar-refractivity contribution in [2.45, 2.75) is 35.5 Å². The zero-order valence-electron chi connectivity index (χ0n) is 18.8. The van der Waals surface area contributed by atoms with E-state index in [-0.39, 0.29) is 28.4 Å². The monoisotopic (exact) mass is 485 g/mol. The fourth-order valence-corrected chi connectivity index (χ4v) is 6.30. The number of hydrogen-bond acceptors (Lipinski definition) is 5. The van der Waals surface area contributed by atoms with Gasteiger partial charge in [-0.1, -0.05) is 48.5 Å². The second-order valence-electron chi connectivity index (χ2n) is 8.76. The van der Waals surface area contributed by atoms with Gasteiger partial charge in [0.2, 0.25) is 20.9 Å². The number of aromatic nitrogens is 4. The Morgan fingerprint density at radius 2 is 1.74 bits per heavy atom. The van der Waals surface area contributed by atoms with E-state index in [0.29, 0.717) is 36.2 Å². The molecule has 1 N–H and O–H groups in total. The number of pyridine rings is 1. The number of nitrogens with zero attached hydrogens (tertiary/aromatic N) is 4. The van der Waals surface area contributed by atoms with Gasteiger partial charge in [0.15, 0.2) is 0 Å². The van der Waals surface area contributed by atoms with E-state index in [0.717, 1.165) is 10.9 Å². The van der Waals surface area contributed by atoms with Crippen LogP contribution in [0.1, 0.15) is 24.4 Å². The van der Waals surface area contributed by atoms with Gasteiger partial charge in [0, 0.05) is 37.1 Å². The predicted octanol–water partition coefficient (Wildman–Crippen LogP) is 4.11. The molecule has 1 fully saturated rings. The van der Waals surface area contributed by atoms with Crippen molar-refractivity contribution in [1.29, 1.82) is 0 Å². The third-order valence-electron chi connectivity index (χ3n) is 6.57. The molecule has 1 amide bonds. The van der Waals surface area contributed by atoms with Crippen LogP contribution in [-0.4, -0.2) is 45.3 Å². The summed E-state index contributed by atoms with van der Waals surface area (Å²) in [6.07, 6.45) is 4.17. The highest BCUT2D eigenvalue weighted by Crippen LogP contribution is 2.36. The smallest absolute Gasteiger partial charge is 0.240 e. The zero-order valence-corrected chi connectivity index (χ0v) is 19.6. The number of sulfone groups is 1. The van der Waals surface area contributed by atoms with Crippen LogP contribution in [0, 0.1) is 0 Å². The standard InChI is InChI=1S/C26H23N5O3S/c32-23-15-19(12-14-30(23)17-18-7-3-1-4-8-18)31-24-21-11-13-27-25(21)28-16-22(24)29-26(31)35(33,34)20-9-5-2-6-10-20/h1-11,13,16,19H,12,14-15,17H2,(H,27,28). The Hall–Kier alpha value is -3.98. The molecule has 2 aromatic carbocycles. The van der Waals surface area contributed by atoms with Gasteiger partial charge in [0.1, 0.15) is 11.2 Å². The lowest BCUT2D eigenvalue weighted by Gasteiger charge is -2.33. The number of imidazole rings is 1. The topological polar surface area (TPSA) is 101 Å². The Labute approximate surface area is 202 Å². The van der Waals surface area contributed by atoms with Crippen LogP contribution in [0.15, 0.2) is 89.2 Å². The van der Waals surface area contributed by atoms with Crippen LogP contribution in [0.4, 0.5) is 0 Å². The largest absolute Gasteiger partial charge is 0.346 e. The number of hydrogen-bond donors (Lipinski definition) is 1. The number of likely N-dealkylation sites (tertiary alicyclic amines) is 1. The summed E-state index contributed by atoms with van der Waals surface area (Å²) >= 11 is 0. The molecule has 6 rings (SSSR count). The number of carbonyl (C=O) groups is 1. The molecule has 5 aromatic rings. The number of piperidine rings is 1. The van der Waals surface area contributed by atoms with Crippen LogP contribution in [0.2, 0.25) is 0 Å². The van der Waals surface area contributed by atoms with Crippen molar-refractivity contribution >= 4 is 37.8 Å². The first-order valence-corrected chi connectivity index (χ1v) is 13.0. The molecule has 1 aliphatic rings. The summed E-state index contributed by atoms with van der Waals surface area (Å²) in [5.41, 5.74) is 2.89. The molecular formula is C26H23N5O3S. The quantitative estimate of drug-likeness (QED) is 0.404. The minimum atomic E-state index is -3.92. The van der Waals surface area contributed by atoms with Crippen molar-refractivity contribution < 1.29 is 13.2 Å². The second-order valence-corrected chi connectivity index (χ2v) is 10.6. The predicted molar refractivity (Wildman–Crippen MR) is 131 cm³/mol. The van der Waals surface area contributed by atoms with Gasteiger partial charge in [-0.05, 0) is 30.2 Å². The number of nitrogens with one attached hydrogen (secondary N) is 1. The zero-order chi connectivity index (χ0) is 24.0. The van der Waals surface area contributed by atoms with Crippen molar-refractivity contribution in [2.24, 2.45) is 0 Å². The maximum absolute atomic E-state index is 13.7. The van der Waals surface area contributed by atoms with Gasteiger partial charge < -0.3 is 14.5 Å². The molecular weight excluding hydrogens is 462 g/mol. The molecule has 3 aromatic heterocycles. The third-order valence-corrected chi connectivity index (χ3v) is 8.23. The van der Waals surface area contributed by atoms with Crippen LogP contribution in [0.5, 0.6) is 0 Å². The normalized spacial score (nSPS) is 16.9. The summed E-state index contributed by atoms with van der Waals surface area (Å²) < 4.78 is 29.2. The number of rotatable bonds is 5. The first kappa shape index (κ1) is 21.5. The van der Waals surface area contributed by atoms with Gasteiger partial charge in [0.25, 0.3) is 0 Å². The maximum Gasteiger partial charge on any atom is 0.240 e. The number of carbonyl (C=O) groups excluding carboxylic acids is 1. The van der Waals surface area contributed by atoms with Crippen molar-refractivity contribution in [3.8, 4) is 0 Å². The lowest BCUT2D eigenvalue weighted by Crippen LogP contribution is -2.39. The van der Waals surface area contributed by atoms with Crippen LogP contribution in [-0.2, 0) is 21.2 Å². The van der Waals surface area contributed by atoms with Gasteiger partial charge in [-0.3, -0.25) is 4.79 Å². The minimum absolute atomic E-state index is 0.00520.